The summed E-state index contributed by atoms with van der Waals surface area (Å²) in [7, 11) is 0. The smallest absolute Gasteiger partial charge is 0.314 e. The molecule has 0 fully saturated rings. The zero-order valence-corrected chi connectivity index (χ0v) is 11.0. The predicted octanol–water partition coefficient (Wildman–Crippen LogP) is 3.49. The lowest BCUT2D eigenvalue weighted by molar-refractivity contribution is 0.255. The molecule has 0 radical (unpaired) electrons. The van der Waals surface area contributed by atoms with Gasteiger partial charge in [0.05, 0.1) is 11.3 Å². The van der Waals surface area contributed by atoms with Gasteiger partial charge in [-0.2, -0.15) is 5.26 Å². The maximum absolute atomic E-state index is 13.0. The van der Waals surface area contributed by atoms with Crippen molar-refractivity contribution in [2.24, 2.45) is 0 Å². The van der Waals surface area contributed by atoms with Crippen molar-refractivity contribution >= 4 is 17.8 Å². The third-order valence-corrected chi connectivity index (χ3v) is 2.63. The summed E-state index contributed by atoms with van der Waals surface area (Å²) in [6.45, 7) is 0. The second-order valence-electron chi connectivity index (χ2n) is 4.14. The molecule has 0 heterocycles. The Morgan fingerprint density at radius 3 is 2.76 bits per heavy atom. The van der Waals surface area contributed by atoms with Crippen LogP contribution in [0.4, 0.5) is 14.9 Å². The number of para-hydroxylation sites is 1. The van der Waals surface area contributed by atoms with E-state index in [1.165, 1.54) is 18.3 Å². The van der Waals surface area contributed by atoms with Gasteiger partial charge in [-0.1, -0.05) is 24.3 Å². The van der Waals surface area contributed by atoms with E-state index in [0.29, 0.717) is 16.8 Å². The van der Waals surface area contributed by atoms with Crippen molar-refractivity contribution in [2.45, 2.75) is 0 Å². The summed E-state index contributed by atoms with van der Waals surface area (Å²) in [6, 6.07) is 14.2. The van der Waals surface area contributed by atoms with Crippen molar-refractivity contribution in [2.75, 3.05) is 5.32 Å². The molecule has 0 aromatic heterocycles. The minimum Gasteiger partial charge on any atom is -0.314 e. The number of hydrogen-bond acceptors (Lipinski definition) is 2. The Morgan fingerprint density at radius 1 is 1.19 bits per heavy atom. The molecule has 0 bridgehead atoms. The molecule has 0 saturated carbocycles. The number of rotatable bonds is 3. The predicted molar refractivity (Wildman–Crippen MR) is 78.7 cm³/mol. The molecule has 0 saturated heterocycles. The van der Waals surface area contributed by atoms with Crippen LogP contribution in [0.25, 0.3) is 6.08 Å². The van der Waals surface area contributed by atoms with E-state index in [2.05, 4.69) is 10.6 Å². The molecule has 0 atom stereocenters. The molecule has 0 aliphatic rings. The molecule has 5 heteroatoms. The van der Waals surface area contributed by atoms with E-state index in [9.17, 15) is 9.18 Å². The van der Waals surface area contributed by atoms with Crippen molar-refractivity contribution in [3.63, 3.8) is 0 Å². The zero-order chi connectivity index (χ0) is 15.1. The lowest BCUT2D eigenvalue weighted by Gasteiger charge is -2.05. The Labute approximate surface area is 121 Å². The largest absolute Gasteiger partial charge is 0.323 e. The van der Waals surface area contributed by atoms with Gasteiger partial charge in [0, 0.05) is 6.20 Å². The number of hydrogen-bond donors (Lipinski definition) is 2. The summed E-state index contributed by atoms with van der Waals surface area (Å²) in [5.74, 6) is -0.343. The van der Waals surface area contributed by atoms with Crippen LogP contribution in [0.15, 0.2) is 54.7 Å². The maximum Gasteiger partial charge on any atom is 0.323 e. The molecular formula is C16H12FN3O. The van der Waals surface area contributed by atoms with Crippen LogP contribution in [0.1, 0.15) is 11.1 Å². The molecule has 2 amide bonds. The Bertz CT molecular complexity index is 719. The van der Waals surface area contributed by atoms with Crippen LogP contribution >= 0.6 is 0 Å². The fourth-order valence-electron chi connectivity index (χ4n) is 1.67. The standard InChI is InChI=1S/C16H12FN3O/c17-14-6-3-4-12(10-14)8-9-19-16(21)20-15-7-2-1-5-13(15)11-18/h1-10H,(H2,19,20,21)/b9-8+. The molecule has 0 aliphatic carbocycles. The van der Waals surface area contributed by atoms with Crippen molar-refractivity contribution in [3.05, 3.63) is 71.7 Å². The highest BCUT2D eigenvalue weighted by Crippen LogP contribution is 2.13. The average Bonchev–Trinajstić information content (AvgIpc) is 2.48. The first kappa shape index (κ1) is 14.3. The Hall–Kier alpha value is -3.13. The molecule has 4 nitrogen and oxygen atoms in total. The average molecular weight is 281 g/mol. The highest BCUT2D eigenvalue weighted by molar-refractivity contribution is 5.91. The molecule has 2 aromatic rings. The van der Waals surface area contributed by atoms with Gasteiger partial charge >= 0.3 is 6.03 Å². The van der Waals surface area contributed by atoms with E-state index in [1.807, 2.05) is 6.07 Å². The third kappa shape index (κ3) is 4.18. The van der Waals surface area contributed by atoms with Gasteiger partial charge in [0.15, 0.2) is 0 Å². The summed E-state index contributed by atoms with van der Waals surface area (Å²) in [4.78, 5) is 11.7. The molecule has 2 N–H and O–H groups in total. The summed E-state index contributed by atoms with van der Waals surface area (Å²) in [6.07, 6.45) is 2.97. The Morgan fingerprint density at radius 2 is 2.00 bits per heavy atom. The fourth-order valence-corrected chi connectivity index (χ4v) is 1.67. The molecule has 2 rings (SSSR count). The van der Waals surface area contributed by atoms with Gasteiger partial charge in [0.1, 0.15) is 11.9 Å². The van der Waals surface area contributed by atoms with Gasteiger partial charge in [0.25, 0.3) is 0 Å². The van der Waals surface area contributed by atoms with E-state index in [4.69, 9.17) is 5.26 Å². The second-order valence-corrected chi connectivity index (χ2v) is 4.14. The van der Waals surface area contributed by atoms with Crippen molar-refractivity contribution in [1.29, 1.82) is 5.26 Å². The number of carbonyl (C=O) groups is 1. The highest BCUT2D eigenvalue weighted by Gasteiger charge is 2.03. The molecular weight excluding hydrogens is 269 g/mol. The first-order valence-electron chi connectivity index (χ1n) is 6.18. The second kappa shape index (κ2) is 6.87. The van der Waals surface area contributed by atoms with Gasteiger partial charge in [0.2, 0.25) is 0 Å². The van der Waals surface area contributed by atoms with Crippen LogP contribution in [0.2, 0.25) is 0 Å². The van der Waals surface area contributed by atoms with Gasteiger partial charge in [-0.05, 0) is 35.9 Å². The number of nitrogens with one attached hydrogen (secondary N) is 2. The minimum absolute atomic E-state index is 0.343. The number of nitrogens with zero attached hydrogens (tertiary/aromatic N) is 1. The number of amides is 2. The monoisotopic (exact) mass is 281 g/mol. The molecule has 0 aliphatic heterocycles. The number of halogens is 1. The van der Waals surface area contributed by atoms with Gasteiger partial charge < -0.3 is 10.6 Å². The van der Waals surface area contributed by atoms with Crippen LogP contribution in [0.3, 0.4) is 0 Å². The zero-order valence-electron chi connectivity index (χ0n) is 11.0. The first-order chi connectivity index (χ1) is 10.2. The minimum atomic E-state index is -0.481. The number of urea groups is 1. The number of anilines is 1. The van der Waals surface area contributed by atoms with Crippen molar-refractivity contribution in [3.8, 4) is 6.07 Å². The first-order valence-corrected chi connectivity index (χ1v) is 6.18. The normalized spacial score (nSPS) is 10.1. The van der Waals surface area contributed by atoms with Crippen LogP contribution in [-0.4, -0.2) is 6.03 Å². The number of benzene rings is 2. The van der Waals surface area contributed by atoms with Gasteiger partial charge in [-0.25, -0.2) is 9.18 Å². The Kier molecular flexibility index (Phi) is 4.67. The summed E-state index contributed by atoms with van der Waals surface area (Å²) in [5, 5.41) is 14.0. The summed E-state index contributed by atoms with van der Waals surface area (Å²) < 4.78 is 13.0. The van der Waals surface area contributed by atoms with E-state index >= 15 is 0 Å². The number of carbonyl (C=O) groups excluding carboxylic acids is 1. The van der Waals surface area contributed by atoms with Crippen LogP contribution in [-0.2, 0) is 0 Å². The van der Waals surface area contributed by atoms with E-state index in [0.717, 1.165) is 0 Å². The summed E-state index contributed by atoms with van der Waals surface area (Å²) in [5.41, 5.74) is 1.44. The van der Waals surface area contributed by atoms with Crippen LogP contribution < -0.4 is 10.6 Å². The van der Waals surface area contributed by atoms with Crippen molar-refractivity contribution in [1.82, 2.24) is 5.32 Å². The molecule has 104 valence electrons. The molecule has 2 aromatic carbocycles. The highest BCUT2D eigenvalue weighted by atomic mass is 19.1. The number of nitriles is 1. The van der Waals surface area contributed by atoms with E-state index < -0.39 is 6.03 Å². The van der Waals surface area contributed by atoms with Gasteiger partial charge in [-0.3, -0.25) is 0 Å². The molecule has 21 heavy (non-hydrogen) atoms. The molecule has 0 spiro atoms. The van der Waals surface area contributed by atoms with E-state index in [1.54, 1.807) is 42.5 Å². The Balaban J connectivity index is 1.95. The quantitative estimate of drug-likeness (QED) is 0.904. The summed E-state index contributed by atoms with van der Waals surface area (Å²) >= 11 is 0. The van der Waals surface area contributed by atoms with E-state index in [-0.39, 0.29) is 5.82 Å². The topological polar surface area (TPSA) is 64.9 Å². The van der Waals surface area contributed by atoms with Crippen LogP contribution in [0, 0.1) is 17.1 Å². The third-order valence-electron chi connectivity index (χ3n) is 2.63. The van der Waals surface area contributed by atoms with Crippen LogP contribution in [0.5, 0.6) is 0 Å². The lowest BCUT2D eigenvalue weighted by atomic mass is 10.2. The lowest BCUT2D eigenvalue weighted by Crippen LogP contribution is -2.24. The molecule has 0 unspecified atom stereocenters. The van der Waals surface area contributed by atoms with Gasteiger partial charge in [-0.15, -0.1) is 0 Å². The fraction of sp³-hybridized carbons (Fsp3) is 0. The van der Waals surface area contributed by atoms with Crippen molar-refractivity contribution < 1.29 is 9.18 Å². The maximum atomic E-state index is 13.0. The SMILES string of the molecule is N#Cc1ccccc1NC(=O)N/C=C/c1cccc(F)c1.